The van der Waals surface area contributed by atoms with Gasteiger partial charge in [-0.3, -0.25) is 4.68 Å². The van der Waals surface area contributed by atoms with Crippen molar-refractivity contribution in [2.75, 3.05) is 25.1 Å². The molecule has 1 aromatic heterocycles. The number of hydrogen-bond acceptors (Lipinski definition) is 4. The Kier molecular flexibility index (Phi) is 8.69. The Morgan fingerprint density at radius 2 is 1.65 bits per heavy atom. The average molecular weight is 497 g/mol. The van der Waals surface area contributed by atoms with E-state index < -0.39 is 35.4 Å². The molecule has 0 fully saturated rings. The van der Waals surface area contributed by atoms with Gasteiger partial charge in [-0.05, 0) is 50.2 Å². The minimum absolute atomic E-state index is 0.166. The molecule has 182 valence electrons. The number of rotatable bonds is 10. The molecule has 2 N–H and O–H groups in total. The first-order valence-corrected chi connectivity index (χ1v) is 11.0. The van der Waals surface area contributed by atoms with E-state index in [1.54, 1.807) is 0 Å². The minimum atomic E-state index is -1.47. The van der Waals surface area contributed by atoms with Crippen LogP contribution in [0.25, 0.3) is 0 Å². The van der Waals surface area contributed by atoms with Crippen molar-refractivity contribution in [1.29, 1.82) is 0 Å². The largest absolute Gasteiger partial charge is 0.490 e. The van der Waals surface area contributed by atoms with Crippen LogP contribution in [0.2, 0.25) is 0 Å². The van der Waals surface area contributed by atoms with Gasteiger partial charge in [0.05, 0.1) is 25.3 Å². The SMILES string of the molecule is CCOc1ccc(CCNC(=S)Nc2ccn(Cc3c(F)c(F)cc(F)c3F)n2)cc1OCC. The first-order valence-electron chi connectivity index (χ1n) is 10.6. The number of anilines is 1. The third kappa shape index (κ3) is 6.37. The lowest BCUT2D eigenvalue weighted by atomic mass is 10.1. The molecule has 2 aromatic carbocycles. The van der Waals surface area contributed by atoms with E-state index >= 15 is 0 Å². The molecule has 0 aliphatic heterocycles. The van der Waals surface area contributed by atoms with E-state index in [1.807, 2.05) is 32.0 Å². The lowest BCUT2D eigenvalue weighted by Gasteiger charge is -2.13. The van der Waals surface area contributed by atoms with E-state index in [1.165, 1.54) is 12.3 Å². The number of ether oxygens (including phenoxy) is 2. The van der Waals surface area contributed by atoms with Crippen molar-refractivity contribution < 1.29 is 27.0 Å². The molecule has 0 amide bonds. The van der Waals surface area contributed by atoms with Crippen LogP contribution in [0.1, 0.15) is 25.0 Å². The molecule has 0 atom stereocenters. The van der Waals surface area contributed by atoms with Crippen LogP contribution in [0.4, 0.5) is 23.4 Å². The van der Waals surface area contributed by atoms with E-state index in [9.17, 15) is 17.6 Å². The number of hydrogen-bond donors (Lipinski definition) is 2. The van der Waals surface area contributed by atoms with E-state index in [0.29, 0.717) is 43.5 Å². The molecule has 1 heterocycles. The number of halogens is 4. The summed E-state index contributed by atoms with van der Waals surface area (Å²) >= 11 is 5.25. The first-order chi connectivity index (χ1) is 16.3. The molecule has 11 heteroatoms. The molecule has 0 saturated heterocycles. The van der Waals surface area contributed by atoms with Crippen molar-refractivity contribution in [2.45, 2.75) is 26.8 Å². The van der Waals surface area contributed by atoms with Gasteiger partial charge in [-0.1, -0.05) is 6.07 Å². The van der Waals surface area contributed by atoms with E-state index in [-0.39, 0.29) is 11.2 Å². The molecule has 3 rings (SSSR count). The van der Waals surface area contributed by atoms with Crippen LogP contribution < -0.4 is 20.1 Å². The number of nitrogens with one attached hydrogen (secondary N) is 2. The van der Waals surface area contributed by atoms with Gasteiger partial charge < -0.3 is 20.1 Å². The zero-order chi connectivity index (χ0) is 24.7. The van der Waals surface area contributed by atoms with Crippen molar-refractivity contribution in [3.05, 3.63) is 70.9 Å². The van der Waals surface area contributed by atoms with Crippen molar-refractivity contribution in [2.24, 2.45) is 0 Å². The fraction of sp³-hybridized carbons (Fsp3) is 0.304. The van der Waals surface area contributed by atoms with Gasteiger partial charge in [-0.25, -0.2) is 17.6 Å². The molecule has 34 heavy (non-hydrogen) atoms. The Bertz CT molecular complexity index is 1130. The molecule has 0 bridgehead atoms. The predicted octanol–water partition coefficient (Wildman–Crippen LogP) is 4.81. The number of benzene rings is 2. The fourth-order valence-corrected chi connectivity index (χ4v) is 3.38. The summed E-state index contributed by atoms with van der Waals surface area (Å²) in [5.74, 6) is -4.18. The molecule has 0 aliphatic rings. The maximum atomic E-state index is 13.9. The van der Waals surface area contributed by atoms with Crippen LogP contribution >= 0.6 is 12.2 Å². The second-order valence-electron chi connectivity index (χ2n) is 7.12. The molecule has 6 nitrogen and oxygen atoms in total. The van der Waals surface area contributed by atoms with Gasteiger partial charge in [-0.15, -0.1) is 0 Å². The van der Waals surface area contributed by atoms with Crippen LogP contribution in [0.15, 0.2) is 36.5 Å². The molecule has 0 unspecified atom stereocenters. The normalized spacial score (nSPS) is 10.8. The lowest BCUT2D eigenvalue weighted by molar-refractivity contribution is 0.287. The number of nitrogens with zero attached hydrogens (tertiary/aromatic N) is 2. The Labute approximate surface area is 199 Å². The summed E-state index contributed by atoms with van der Waals surface area (Å²) in [5.41, 5.74) is 0.271. The van der Waals surface area contributed by atoms with Gasteiger partial charge in [0, 0.05) is 24.9 Å². The summed E-state index contributed by atoms with van der Waals surface area (Å²) < 4.78 is 66.8. The molecular formula is C23H24F4N4O2S. The number of thiocarbonyl (C=S) groups is 1. The summed E-state index contributed by atoms with van der Waals surface area (Å²) in [6, 6.07) is 7.41. The lowest BCUT2D eigenvalue weighted by Crippen LogP contribution is -2.30. The molecule has 0 radical (unpaired) electrons. The van der Waals surface area contributed by atoms with Gasteiger partial charge >= 0.3 is 0 Å². The molecule has 0 saturated carbocycles. The number of aromatic nitrogens is 2. The average Bonchev–Trinajstić information content (AvgIpc) is 3.24. The predicted molar refractivity (Wildman–Crippen MR) is 124 cm³/mol. The highest BCUT2D eigenvalue weighted by Crippen LogP contribution is 2.28. The van der Waals surface area contributed by atoms with Gasteiger partial charge in [0.15, 0.2) is 45.7 Å². The van der Waals surface area contributed by atoms with Crippen molar-refractivity contribution >= 4 is 23.1 Å². The van der Waals surface area contributed by atoms with Gasteiger partial charge in [0.1, 0.15) is 0 Å². The van der Waals surface area contributed by atoms with Crippen LogP contribution in [0.3, 0.4) is 0 Å². The molecule has 0 spiro atoms. The zero-order valence-corrected chi connectivity index (χ0v) is 19.4. The Morgan fingerprint density at radius 3 is 2.32 bits per heavy atom. The molecule has 0 aliphatic carbocycles. The second-order valence-corrected chi connectivity index (χ2v) is 7.53. The minimum Gasteiger partial charge on any atom is -0.490 e. The summed E-state index contributed by atoms with van der Waals surface area (Å²) in [6.45, 7) is 4.90. The van der Waals surface area contributed by atoms with Crippen molar-refractivity contribution in [1.82, 2.24) is 15.1 Å². The Balaban J connectivity index is 1.54. The highest BCUT2D eigenvalue weighted by atomic mass is 32.1. The standard InChI is InChI=1S/C23H24F4N4O2S/c1-3-32-18-6-5-14(11-19(18)33-4-2)7-9-28-23(34)29-20-8-10-31(30-20)13-15-21(26)16(24)12-17(25)22(15)27/h5-6,8,10-12H,3-4,7,9,13H2,1-2H3,(H2,28,29,30,34). The quantitative estimate of drug-likeness (QED) is 0.239. The van der Waals surface area contributed by atoms with Crippen molar-refractivity contribution in [3.63, 3.8) is 0 Å². The fourth-order valence-electron chi connectivity index (χ4n) is 3.17. The maximum absolute atomic E-state index is 13.9. The maximum Gasteiger partial charge on any atom is 0.172 e. The summed E-state index contributed by atoms with van der Waals surface area (Å²) in [6.07, 6.45) is 2.06. The zero-order valence-electron chi connectivity index (χ0n) is 18.6. The van der Waals surface area contributed by atoms with E-state index in [2.05, 4.69) is 15.7 Å². The van der Waals surface area contributed by atoms with Crippen LogP contribution in [-0.4, -0.2) is 34.7 Å². The van der Waals surface area contributed by atoms with Crippen LogP contribution in [0, 0.1) is 23.3 Å². The monoisotopic (exact) mass is 496 g/mol. The smallest absolute Gasteiger partial charge is 0.172 e. The van der Waals surface area contributed by atoms with E-state index in [4.69, 9.17) is 21.7 Å². The highest BCUT2D eigenvalue weighted by Gasteiger charge is 2.19. The summed E-state index contributed by atoms with van der Waals surface area (Å²) in [7, 11) is 0. The van der Waals surface area contributed by atoms with Gasteiger partial charge in [-0.2, -0.15) is 5.10 Å². The molecular weight excluding hydrogens is 472 g/mol. The first kappa shape index (κ1) is 25.3. The Morgan fingerprint density at radius 1 is 0.971 bits per heavy atom. The van der Waals surface area contributed by atoms with Crippen LogP contribution in [-0.2, 0) is 13.0 Å². The third-order valence-electron chi connectivity index (χ3n) is 4.71. The van der Waals surface area contributed by atoms with E-state index in [0.717, 1.165) is 10.2 Å². The summed E-state index contributed by atoms with van der Waals surface area (Å²) in [4.78, 5) is 0. The Hall–Kier alpha value is -3.34. The van der Waals surface area contributed by atoms with Gasteiger partial charge in [0.25, 0.3) is 0 Å². The van der Waals surface area contributed by atoms with Crippen LogP contribution in [0.5, 0.6) is 11.5 Å². The highest BCUT2D eigenvalue weighted by molar-refractivity contribution is 7.80. The molecule has 3 aromatic rings. The summed E-state index contributed by atoms with van der Waals surface area (Å²) in [5, 5.41) is 10.3. The topological polar surface area (TPSA) is 60.3 Å². The third-order valence-corrected chi connectivity index (χ3v) is 4.96. The van der Waals surface area contributed by atoms with Crippen molar-refractivity contribution in [3.8, 4) is 11.5 Å². The van der Waals surface area contributed by atoms with Gasteiger partial charge in [0.2, 0.25) is 0 Å². The second kappa shape index (κ2) is 11.7.